The summed E-state index contributed by atoms with van der Waals surface area (Å²) in [4.78, 5) is 0. The molecule has 0 rings (SSSR count). The van der Waals surface area contributed by atoms with Crippen molar-refractivity contribution in [1.82, 2.24) is 0 Å². The zero-order chi connectivity index (χ0) is 21.1. The van der Waals surface area contributed by atoms with E-state index >= 15 is 0 Å². The SMILES string of the molecule is C=C(C=CC(CC)C(O)(C(F)(F)F)C(F)(F)F)C(CC(C)C)C(C)(C)C. The lowest BCUT2D eigenvalue weighted by Gasteiger charge is -2.37. The van der Waals surface area contributed by atoms with E-state index in [1.165, 1.54) is 13.0 Å². The maximum absolute atomic E-state index is 13.1. The fourth-order valence-corrected chi connectivity index (χ4v) is 3.04. The monoisotopic (exact) mass is 388 g/mol. The summed E-state index contributed by atoms with van der Waals surface area (Å²) in [6.45, 7) is 14.8. The maximum Gasteiger partial charge on any atom is 0.426 e. The van der Waals surface area contributed by atoms with E-state index in [0.29, 0.717) is 12.0 Å². The second-order valence-corrected chi connectivity index (χ2v) is 8.26. The molecular weight excluding hydrogens is 358 g/mol. The summed E-state index contributed by atoms with van der Waals surface area (Å²) in [5.74, 6) is -1.98. The highest BCUT2D eigenvalue weighted by atomic mass is 19.4. The van der Waals surface area contributed by atoms with Crippen molar-refractivity contribution in [2.24, 2.45) is 23.2 Å². The smallest absolute Gasteiger partial charge is 0.373 e. The largest absolute Gasteiger partial charge is 0.426 e. The number of hydrogen-bond acceptors (Lipinski definition) is 1. The first-order chi connectivity index (χ1) is 11.4. The molecule has 7 heteroatoms. The molecule has 0 bridgehead atoms. The quantitative estimate of drug-likeness (QED) is 0.381. The third-order valence-corrected chi connectivity index (χ3v) is 4.58. The van der Waals surface area contributed by atoms with Crippen molar-refractivity contribution in [3.8, 4) is 0 Å². The van der Waals surface area contributed by atoms with Crippen LogP contribution in [0.3, 0.4) is 0 Å². The van der Waals surface area contributed by atoms with Gasteiger partial charge in [-0.3, -0.25) is 0 Å². The minimum Gasteiger partial charge on any atom is -0.373 e. The van der Waals surface area contributed by atoms with Gasteiger partial charge in [-0.25, -0.2) is 0 Å². The Labute approximate surface area is 152 Å². The number of aliphatic hydroxyl groups is 1. The molecule has 0 saturated carbocycles. The number of alkyl halides is 6. The van der Waals surface area contributed by atoms with Crippen molar-refractivity contribution in [2.75, 3.05) is 0 Å². The Morgan fingerprint density at radius 3 is 1.69 bits per heavy atom. The van der Waals surface area contributed by atoms with E-state index in [-0.39, 0.29) is 17.3 Å². The lowest BCUT2D eigenvalue weighted by molar-refractivity contribution is -0.380. The highest BCUT2D eigenvalue weighted by molar-refractivity contribution is 5.22. The molecule has 0 aliphatic rings. The zero-order valence-electron chi connectivity index (χ0n) is 16.2. The molecule has 1 N–H and O–H groups in total. The summed E-state index contributed by atoms with van der Waals surface area (Å²) in [7, 11) is 0. The van der Waals surface area contributed by atoms with Crippen LogP contribution in [-0.2, 0) is 0 Å². The Hall–Kier alpha value is -0.980. The standard InChI is InChI=1S/C19H30F6O/c1-8-14(17(26,18(20,21)22)19(23,24)25)10-9-13(4)15(11-12(2)3)16(5,6)7/h9-10,12,14-15,26H,4,8,11H2,1-3,5-7H3. The Morgan fingerprint density at radius 2 is 1.42 bits per heavy atom. The van der Waals surface area contributed by atoms with Crippen molar-refractivity contribution in [2.45, 2.75) is 72.3 Å². The predicted molar refractivity (Wildman–Crippen MR) is 91.5 cm³/mol. The van der Waals surface area contributed by atoms with Crippen molar-refractivity contribution < 1.29 is 31.4 Å². The first kappa shape index (κ1) is 25.0. The Kier molecular flexibility index (Phi) is 8.04. The Balaban J connectivity index is 5.83. The number of halogens is 6. The lowest BCUT2D eigenvalue weighted by Crippen LogP contribution is -2.61. The van der Waals surface area contributed by atoms with Gasteiger partial charge in [-0.05, 0) is 30.1 Å². The number of allylic oxidation sites excluding steroid dienone is 2. The van der Waals surface area contributed by atoms with Crippen LogP contribution in [0.4, 0.5) is 26.3 Å². The predicted octanol–water partition coefficient (Wildman–Crippen LogP) is 6.69. The van der Waals surface area contributed by atoms with Gasteiger partial charge in [0.05, 0.1) is 0 Å². The summed E-state index contributed by atoms with van der Waals surface area (Å²) < 4.78 is 78.3. The molecular formula is C19H30F6O. The van der Waals surface area contributed by atoms with E-state index in [2.05, 4.69) is 6.58 Å². The van der Waals surface area contributed by atoms with Gasteiger partial charge < -0.3 is 5.11 Å². The van der Waals surface area contributed by atoms with Gasteiger partial charge in [0.2, 0.25) is 0 Å². The fraction of sp³-hybridized carbons (Fsp3) is 0.789. The van der Waals surface area contributed by atoms with Gasteiger partial charge in [0, 0.05) is 5.92 Å². The summed E-state index contributed by atoms with van der Waals surface area (Å²) in [6.07, 6.45) is -9.49. The molecule has 0 aliphatic heterocycles. The Bertz CT molecular complexity index is 480. The summed E-state index contributed by atoms with van der Waals surface area (Å²) in [5.41, 5.74) is -4.59. The molecule has 154 valence electrons. The van der Waals surface area contributed by atoms with Crippen molar-refractivity contribution in [3.63, 3.8) is 0 Å². The summed E-state index contributed by atoms with van der Waals surface area (Å²) >= 11 is 0. The van der Waals surface area contributed by atoms with E-state index in [1.54, 1.807) is 0 Å². The van der Waals surface area contributed by atoms with Crippen LogP contribution in [0.5, 0.6) is 0 Å². The van der Waals surface area contributed by atoms with Gasteiger partial charge in [0.1, 0.15) is 0 Å². The van der Waals surface area contributed by atoms with Crippen molar-refractivity contribution >= 4 is 0 Å². The maximum atomic E-state index is 13.1. The molecule has 0 amide bonds. The Morgan fingerprint density at radius 1 is 1.00 bits per heavy atom. The van der Waals surface area contributed by atoms with Crippen LogP contribution in [0.15, 0.2) is 24.3 Å². The molecule has 0 aromatic heterocycles. The molecule has 1 nitrogen and oxygen atoms in total. The van der Waals surface area contributed by atoms with E-state index in [9.17, 15) is 31.4 Å². The highest BCUT2D eigenvalue weighted by Crippen LogP contribution is 2.49. The van der Waals surface area contributed by atoms with Crippen LogP contribution in [0.1, 0.15) is 54.4 Å². The average Bonchev–Trinajstić information content (AvgIpc) is 2.40. The lowest BCUT2D eigenvalue weighted by atomic mass is 9.72. The molecule has 0 saturated heterocycles. The first-order valence-electron chi connectivity index (χ1n) is 8.62. The molecule has 2 unspecified atom stereocenters. The van der Waals surface area contributed by atoms with Crippen LogP contribution >= 0.6 is 0 Å². The number of hydrogen-bond donors (Lipinski definition) is 1. The van der Waals surface area contributed by atoms with Crippen LogP contribution in [-0.4, -0.2) is 23.1 Å². The van der Waals surface area contributed by atoms with E-state index in [0.717, 1.165) is 6.08 Å². The van der Waals surface area contributed by atoms with Crippen LogP contribution in [0, 0.1) is 23.2 Å². The molecule has 0 aromatic rings. The van der Waals surface area contributed by atoms with Gasteiger partial charge in [-0.15, -0.1) is 0 Å². The summed E-state index contributed by atoms with van der Waals surface area (Å²) in [5, 5.41) is 9.57. The zero-order valence-corrected chi connectivity index (χ0v) is 16.2. The number of rotatable bonds is 7. The van der Waals surface area contributed by atoms with Crippen molar-refractivity contribution in [1.29, 1.82) is 0 Å². The fourth-order valence-electron chi connectivity index (χ4n) is 3.04. The minimum atomic E-state index is -5.83. The van der Waals surface area contributed by atoms with Gasteiger partial charge in [0.25, 0.3) is 5.60 Å². The van der Waals surface area contributed by atoms with Crippen LogP contribution in [0.2, 0.25) is 0 Å². The summed E-state index contributed by atoms with van der Waals surface area (Å²) in [6, 6.07) is 0. The second kappa shape index (κ2) is 8.36. The van der Waals surface area contributed by atoms with Gasteiger partial charge in [-0.2, -0.15) is 26.3 Å². The third kappa shape index (κ3) is 5.76. The molecule has 0 aliphatic carbocycles. The molecule has 0 heterocycles. The molecule has 0 radical (unpaired) electrons. The minimum absolute atomic E-state index is 0.110. The molecule has 0 aromatic carbocycles. The highest BCUT2D eigenvalue weighted by Gasteiger charge is 2.72. The third-order valence-electron chi connectivity index (χ3n) is 4.58. The molecule has 0 fully saturated rings. The van der Waals surface area contributed by atoms with Gasteiger partial charge >= 0.3 is 12.4 Å². The van der Waals surface area contributed by atoms with E-state index < -0.39 is 30.3 Å². The van der Waals surface area contributed by atoms with Crippen LogP contribution in [0.25, 0.3) is 0 Å². The van der Waals surface area contributed by atoms with Gasteiger partial charge in [0.15, 0.2) is 0 Å². The first-order valence-corrected chi connectivity index (χ1v) is 8.62. The molecule has 26 heavy (non-hydrogen) atoms. The van der Waals surface area contributed by atoms with Crippen LogP contribution < -0.4 is 0 Å². The normalized spacial score (nSPS) is 17.0. The van der Waals surface area contributed by atoms with E-state index in [4.69, 9.17) is 0 Å². The molecule has 2 atom stereocenters. The van der Waals surface area contributed by atoms with E-state index in [1.807, 2.05) is 34.6 Å². The second-order valence-electron chi connectivity index (χ2n) is 8.26. The van der Waals surface area contributed by atoms with Crippen molar-refractivity contribution in [3.05, 3.63) is 24.3 Å². The molecule has 0 spiro atoms. The topological polar surface area (TPSA) is 20.2 Å². The van der Waals surface area contributed by atoms with Gasteiger partial charge in [-0.1, -0.05) is 65.8 Å². The average molecular weight is 388 g/mol.